The number of nitrogens with zero attached hydrogens (tertiary/aromatic N) is 7. The number of nitrogens with one attached hydrogen (secondary N) is 1. The summed E-state index contributed by atoms with van der Waals surface area (Å²) in [7, 11) is 0.284. The van der Waals surface area contributed by atoms with Crippen molar-refractivity contribution in [3.05, 3.63) is 54.1 Å². The number of sulfonamides is 1. The molecular weight excluding hydrogens is 500 g/mol. The number of aromatic nitrogens is 5. The SMILES string of the molecule is Cc1nn(C)cc1-c1nccc(Nc2cc3c(C(C)C)ccc(N4C[C@H](N(C)S(C)(=O)=O)[C@H]4C)c3cn2)n1. The van der Waals surface area contributed by atoms with Crippen molar-refractivity contribution in [2.24, 2.45) is 7.05 Å². The topological polar surface area (TPSA) is 109 Å². The van der Waals surface area contributed by atoms with Crippen molar-refractivity contribution in [2.45, 2.75) is 45.7 Å². The monoisotopic (exact) mass is 534 g/mol. The fraction of sp³-hybridized carbons (Fsp3) is 0.407. The summed E-state index contributed by atoms with van der Waals surface area (Å²) in [5, 5.41) is 9.90. The van der Waals surface area contributed by atoms with Crippen LogP contribution in [-0.4, -0.2) is 69.4 Å². The summed E-state index contributed by atoms with van der Waals surface area (Å²) >= 11 is 0. The van der Waals surface area contributed by atoms with Crippen LogP contribution in [0.2, 0.25) is 0 Å². The van der Waals surface area contributed by atoms with Gasteiger partial charge in [0.1, 0.15) is 11.6 Å². The van der Waals surface area contributed by atoms with Gasteiger partial charge in [0, 0.05) is 56.3 Å². The van der Waals surface area contributed by atoms with Gasteiger partial charge in [-0.15, -0.1) is 0 Å². The molecule has 200 valence electrons. The number of aryl methyl sites for hydroxylation is 2. The second-order valence-electron chi connectivity index (χ2n) is 10.4. The van der Waals surface area contributed by atoms with Gasteiger partial charge in [-0.2, -0.15) is 9.40 Å². The van der Waals surface area contributed by atoms with Crippen molar-refractivity contribution in [1.82, 2.24) is 29.0 Å². The average molecular weight is 535 g/mol. The minimum Gasteiger partial charge on any atom is -0.365 e. The molecule has 0 radical (unpaired) electrons. The molecule has 2 atom stereocenters. The molecule has 4 heterocycles. The van der Waals surface area contributed by atoms with E-state index in [0.29, 0.717) is 29.9 Å². The Morgan fingerprint density at radius 1 is 1.13 bits per heavy atom. The number of pyridine rings is 1. The van der Waals surface area contributed by atoms with Crippen molar-refractivity contribution >= 4 is 38.1 Å². The van der Waals surface area contributed by atoms with E-state index >= 15 is 0 Å². The van der Waals surface area contributed by atoms with E-state index in [-0.39, 0.29) is 12.1 Å². The van der Waals surface area contributed by atoms with E-state index in [1.54, 1.807) is 17.9 Å². The van der Waals surface area contributed by atoms with Crippen LogP contribution in [0.5, 0.6) is 0 Å². The molecule has 10 nitrogen and oxygen atoms in total. The van der Waals surface area contributed by atoms with Crippen molar-refractivity contribution in [2.75, 3.05) is 30.1 Å². The highest BCUT2D eigenvalue weighted by molar-refractivity contribution is 7.88. The number of fused-ring (bicyclic) bond motifs is 1. The molecule has 3 aromatic heterocycles. The number of hydrogen-bond acceptors (Lipinski definition) is 8. The number of likely N-dealkylation sites (N-methyl/N-ethyl adjacent to an activating group) is 1. The third-order valence-electron chi connectivity index (χ3n) is 7.43. The molecule has 0 bridgehead atoms. The van der Waals surface area contributed by atoms with Crippen molar-refractivity contribution in [1.29, 1.82) is 0 Å². The van der Waals surface area contributed by atoms with Crippen LogP contribution in [0, 0.1) is 6.92 Å². The van der Waals surface area contributed by atoms with E-state index in [2.05, 4.69) is 59.3 Å². The maximum absolute atomic E-state index is 12.1. The van der Waals surface area contributed by atoms with Crippen molar-refractivity contribution < 1.29 is 8.42 Å². The molecule has 1 fully saturated rings. The Morgan fingerprint density at radius 3 is 2.53 bits per heavy atom. The van der Waals surface area contributed by atoms with Crippen LogP contribution in [0.3, 0.4) is 0 Å². The third kappa shape index (κ3) is 4.71. The smallest absolute Gasteiger partial charge is 0.211 e. The summed E-state index contributed by atoms with van der Waals surface area (Å²) in [5.74, 6) is 2.26. The Labute approximate surface area is 223 Å². The largest absolute Gasteiger partial charge is 0.365 e. The van der Waals surface area contributed by atoms with E-state index in [1.165, 1.54) is 16.1 Å². The Morgan fingerprint density at radius 2 is 1.89 bits per heavy atom. The summed E-state index contributed by atoms with van der Waals surface area (Å²) < 4.78 is 27.4. The number of benzene rings is 1. The van der Waals surface area contributed by atoms with E-state index in [1.807, 2.05) is 32.4 Å². The lowest BCUT2D eigenvalue weighted by Gasteiger charge is -2.51. The molecule has 1 saturated heterocycles. The minimum atomic E-state index is -3.25. The van der Waals surface area contributed by atoms with Crippen LogP contribution in [-0.2, 0) is 17.1 Å². The van der Waals surface area contributed by atoms with Gasteiger partial charge >= 0.3 is 0 Å². The molecule has 0 spiro atoms. The molecule has 11 heteroatoms. The molecule has 0 saturated carbocycles. The van der Waals surface area contributed by atoms with Crippen LogP contribution in [0.4, 0.5) is 17.3 Å². The predicted octanol–water partition coefficient (Wildman–Crippen LogP) is 4.07. The fourth-order valence-electron chi connectivity index (χ4n) is 5.15. The number of anilines is 3. The zero-order chi connectivity index (χ0) is 27.4. The third-order valence-corrected chi connectivity index (χ3v) is 8.75. The fourth-order valence-corrected chi connectivity index (χ4v) is 5.88. The molecule has 4 aromatic rings. The zero-order valence-corrected chi connectivity index (χ0v) is 23.7. The van der Waals surface area contributed by atoms with Gasteiger partial charge in [-0.3, -0.25) is 4.68 Å². The highest BCUT2D eigenvalue weighted by atomic mass is 32.2. The maximum atomic E-state index is 12.1. The second kappa shape index (κ2) is 9.63. The quantitative estimate of drug-likeness (QED) is 0.378. The lowest BCUT2D eigenvalue weighted by Crippen LogP contribution is -2.65. The summed E-state index contributed by atoms with van der Waals surface area (Å²) in [4.78, 5) is 16.1. The second-order valence-corrected chi connectivity index (χ2v) is 12.4. The normalized spacial score (nSPS) is 17.9. The predicted molar refractivity (Wildman–Crippen MR) is 151 cm³/mol. The molecule has 1 aliphatic rings. The maximum Gasteiger partial charge on any atom is 0.211 e. The molecule has 38 heavy (non-hydrogen) atoms. The zero-order valence-electron chi connectivity index (χ0n) is 22.8. The van der Waals surface area contributed by atoms with Crippen LogP contribution >= 0.6 is 0 Å². The van der Waals surface area contributed by atoms with Gasteiger partial charge in [0.25, 0.3) is 0 Å². The first kappa shape index (κ1) is 26.1. The van der Waals surface area contributed by atoms with E-state index in [9.17, 15) is 8.42 Å². The molecule has 1 aromatic carbocycles. The Balaban J connectivity index is 1.47. The number of rotatable bonds is 7. The van der Waals surface area contributed by atoms with Crippen LogP contribution in [0.15, 0.2) is 42.9 Å². The molecule has 1 aliphatic heterocycles. The molecule has 1 N–H and O–H groups in total. The lowest BCUT2D eigenvalue weighted by molar-refractivity contribution is 0.251. The Bertz CT molecular complexity index is 1610. The Hall–Kier alpha value is -3.57. The summed E-state index contributed by atoms with van der Waals surface area (Å²) in [6.45, 7) is 9.00. The number of hydrogen-bond donors (Lipinski definition) is 1. The molecule has 5 rings (SSSR count). The van der Waals surface area contributed by atoms with Gasteiger partial charge in [0.15, 0.2) is 5.82 Å². The van der Waals surface area contributed by atoms with Gasteiger partial charge in [-0.1, -0.05) is 19.9 Å². The molecule has 0 unspecified atom stereocenters. The van der Waals surface area contributed by atoms with Gasteiger partial charge < -0.3 is 10.2 Å². The van der Waals surface area contributed by atoms with Gasteiger partial charge in [-0.05, 0) is 48.9 Å². The highest BCUT2D eigenvalue weighted by Crippen LogP contribution is 2.39. The first-order valence-corrected chi connectivity index (χ1v) is 14.5. The van der Waals surface area contributed by atoms with Crippen LogP contribution in [0.25, 0.3) is 22.2 Å². The van der Waals surface area contributed by atoms with E-state index < -0.39 is 10.0 Å². The standard InChI is InChI=1S/C27H34N8O2S/c1-16(2)19-8-9-23(35-15-24(18(35)4)34(6)38(7,36)37)21-13-29-26(12-20(19)21)30-25-10-11-28-27(31-25)22-14-33(5)32-17(22)3/h8-14,16,18,24H,15H2,1-7H3,(H,28,29,30,31)/t18-,24+/m1/s1. The van der Waals surface area contributed by atoms with Gasteiger partial charge in [0.2, 0.25) is 10.0 Å². The van der Waals surface area contributed by atoms with Crippen LogP contribution < -0.4 is 10.2 Å². The summed E-state index contributed by atoms with van der Waals surface area (Å²) in [6, 6.07) is 8.18. The lowest BCUT2D eigenvalue weighted by atomic mass is 9.92. The van der Waals surface area contributed by atoms with E-state index in [4.69, 9.17) is 9.97 Å². The van der Waals surface area contributed by atoms with Crippen molar-refractivity contribution in [3.8, 4) is 11.4 Å². The minimum absolute atomic E-state index is 0.0519. The van der Waals surface area contributed by atoms with Crippen LogP contribution in [0.1, 0.15) is 37.9 Å². The summed E-state index contributed by atoms with van der Waals surface area (Å²) in [6.07, 6.45) is 6.79. The van der Waals surface area contributed by atoms with Gasteiger partial charge in [0.05, 0.1) is 23.6 Å². The average Bonchev–Trinajstić information content (AvgIpc) is 3.20. The first-order chi connectivity index (χ1) is 17.9. The molecular formula is C27H34N8O2S. The highest BCUT2D eigenvalue weighted by Gasteiger charge is 2.41. The molecule has 0 amide bonds. The van der Waals surface area contributed by atoms with Crippen molar-refractivity contribution in [3.63, 3.8) is 0 Å². The van der Waals surface area contributed by atoms with E-state index in [0.717, 1.165) is 27.7 Å². The van der Waals surface area contributed by atoms with Gasteiger partial charge in [-0.25, -0.2) is 23.4 Å². The Kier molecular flexibility index (Phi) is 6.60. The molecule has 0 aliphatic carbocycles. The summed E-state index contributed by atoms with van der Waals surface area (Å²) in [5.41, 5.74) is 4.04. The first-order valence-electron chi connectivity index (χ1n) is 12.7.